The fraction of sp³-hybridized carbons (Fsp3) is 0.227. The predicted octanol–water partition coefficient (Wildman–Crippen LogP) is 5.20. The Kier molecular flexibility index (Phi) is 6.92. The first-order chi connectivity index (χ1) is 14.7. The van der Waals surface area contributed by atoms with Crippen LogP contribution in [0, 0.1) is 6.92 Å². The molecular formula is C22H24ClN5O2S. The summed E-state index contributed by atoms with van der Waals surface area (Å²) in [5.74, 6) is 0.497. The molecule has 0 aliphatic carbocycles. The smallest absolute Gasteiger partial charge is 0.245 e. The number of benzene rings is 2. The number of hydrogen-bond donors (Lipinski definition) is 2. The van der Waals surface area contributed by atoms with Crippen molar-refractivity contribution in [1.82, 2.24) is 9.97 Å². The van der Waals surface area contributed by atoms with Crippen molar-refractivity contribution >= 4 is 44.6 Å². The van der Waals surface area contributed by atoms with Gasteiger partial charge in [0.1, 0.15) is 5.02 Å². The molecule has 0 aliphatic rings. The zero-order valence-electron chi connectivity index (χ0n) is 17.7. The molecule has 0 fully saturated rings. The van der Waals surface area contributed by atoms with E-state index in [-0.39, 0.29) is 21.7 Å². The summed E-state index contributed by atoms with van der Waals surface area (Å²) in [4.78, 5) is 8.67. The molecule has 2 N–H and O–H groups in total. The van der Waals surface area contributed by atoms with E-state index in [1.807, 2.05) is 38.1 Å². The topological polar surface area (TPSA) is 96.3 Å². The Balaban J connectivity index is 1.86. The van der Waals surface area contributed by atoms with Crippen LogP contribution in [0.5, 0.6) is 0 Å². The fourth-order valence-electron chi connectivity index (χ4n) is 2.70. The van der Waals surface area contributed by atoms with E-state index in [0.717, 1.165) is 11.3 Å². The van der Waals surface area contributed by atoms with Crippen LogP contribution in [-0.2, 0) is 9.84 Å². The molecule has 1 heterocycles. The summed E-state index contributed by atoms with van der Waals surface area (Å²) in [5.41, 5.74) is 6.12. The van der Waals surface area contributed by atoms with Crippen LogP contribution in [0.1, 0.15) is 31.9 Å². The molecule has 162 valence electrons. The molecule has 0 saturated heterocycles. The van der Waals surface area contributed by atoms with E-state index in [0.29, 0.717) is 5.69 Å². The van der Waals surface area contributed by atoms with Crippen LogP contribution in [0.2, 0.25) is 5.02 Å². The zero-order valence-corrected chi connectivity index (χ0v) is 19.3. The van der Waals surface area contributed by atoms with Crippen molar-refractivity contribution in [2.75, 3.05) is 10.7 Å². The minimum absolute atomic E-state index is 0.183. The van der Waals surface area contributed by atoms with Gasteiger partial charge in [0.05, 0.1) is 27.7 Å². The predicted molar refractivity (Wildman–Crippen MR) is 126 cm³/mol. The number of nitrogens with zero attached hydrogens (tertiary/aromatic N) is 3. The maximum atomic E-state index is 12.7. The van der Waals surface area contributed by atoms with E-state index in [4.69, 9.17) is 11.6 Å². The molecule has 0 unspecified atom stereocenters. The first kappa shape index (κ1) is 22.7. The quantitative estimate of drug-likeness (QED) is 0.374. The van der Waals surface area contributed by atoms with Crippen LogP contribution in [0.25, 0.3) is 0 Å². The Labute approximate surface area is 187 Å². The number of hydrazone groups is 1. The maximum absolute atomic E-state index is 12.7. The number of sulfone groups is 1. The average Bonchev–Trinajstić information content (AvgIpc) is 2.74. The second-order valence-electron chi connectivity index (χ2n) is 7.28. The highest BCUT2D eigenvalue weighted by Gasteiger charge is 2.23. The summed E-state index contributed by atoms with van der Waals surface area (Å²) in [7, 11) is -3.49. The van der Waals surface area contributed by atoms with E-state index < -0.39 is 15.1 Å². The summed E-state index contributed by atoms with van der Waals surface area (Å²) in [5, 5.41) is 7.03. The van der Waals surface area contributed by atoms with E-state index in [1.54, 1.807) is 38.1 Å². The number of para-hydroxylation sites is 1. The molecule has 3 rings (SSSR count). The number of hydrogen-bond acceptors (Lipinski definition) is 7. The highest BCUT2D eigenvalue weighted by Crippen LogP contribution is 2.30. The van der Waals surface area contributed by atoms with Gasteiger partial charge in [-0.25, -0.2) is 18.8 Å². The van der Waals surface area contributed by atoms with Crippen LogP contribution in [0.15, 0.2) is 64.7 Å². The minimum Gasteiger partial charge on any atom is -0.338 e. The lowest BCUT2D eigenvalue weighted by Gasteiger charge is -2.15. The van der Waals surface area contributed by atoms with E-state index in [9.17, 15) is 8.42 Å². The van der Waals surface area contributed by atoms with Gasteiger partial charge in [-0.1, -0.05) is 53.6 Å². The number of aryl methyl sites for hydroxylation is 1. The van der Waals surface area contributed by atoms with Crippen LogP contribution in [0.3, 0.4) is 0 Å². The molecule has 0 amide bonds. The second-order valence-corrected chi connectivity index (χ2v) is 10.2. The molecular weight excluding hydrogens is 434 g/mol. The first-order valence-electron chi connectivity index (χ1n) is 9.68. The van der Waals surface area contributed by atoms with Crippen LogP contribution < -0.4 is 10.7 Å². The van der Waals surface area contributed by atoms with Gasteiger partial charge < -0.3 is 5.32 Å². The molecule has 1 aromatic heterocycles. The summed E-state index contributed by atoms with van der Waals surface area (Å²) in [6, 6.07) is 14.6. The lowest BCUT2D eigenvalue weighted by molar-refractivity contribution is 0.588. The molecule has 0 aliphatic heterocycles. The van der Waals surface area contributed by atoms with Gasteiger partial charge in [-0.15, -0.1) is 0 Å². The molecule has 0 radical (unpaired) electrons. The Morgan fingerprint density at radius 1 is 1.10 bits per heavy atom. The molecule has 0 atom stereocenters. The molecule has 7 nitrogen and oxygen atoms in total. The average molecular weight is 458 g/mol. The Bertz CT molecular complexity index is 1210. The van der Waals surface area contributed by atoms with Crippen molar-refractivity contribution in [3.8, 4) is 0 Å². The van der Waals surface area contributed by atoms with E-state index >= 15 is 0 Å². The standard InChI is InChI=1S/C22H24ClN5O2S/c1-14(2)31(29,30)20-8-6-5-7-19(20)25-21-18(23)13-24-22(26-21)28-27-16(4)17-11-9-15(3)10-12-17/h5-14H,1-4H3,(H2,24,25,26,28)/b27-16+. The van der Waals surface area contributed by atoms with Crippen molar-refractivity contribution in [3.63, 3.8) is 0 Å². The Morgan fingerprint density at radius 3 is 2.45 bits per heavy atom. The monoisotopic (exact) mass is 457 g/mol. The number of anilines is 3. The number of rotatable bonds is 7. The number of halogens is 1. The van der Waals surface area contributed by atoms with Crippen molar-refractivity contribution in [2.45, 2.75) is 37.8 Å². The van der Waals surface area contributed by atoms with Crippen molar-refractivity contribution in [3.05, 3.63) is 70.9 Å². The lowest BCUT2D eigenvalue weighted by atomic mass is 10.1. The molecule has 3 aromatic rings. The van der Waals surface area contributed by atoms with Gasteiger partial charge in [0.25, 0.3) is 0 Å². The van der Waals surface area contributed by atoms with Gasteiger partial charge in [0.15, 0.2) is 15.7 Å². The van der Waals surface area contributed by atoms with Gasteiger partial charge in [-0.3, -0.25) is 0 Å². The van der Waals surface area contributed by atoms with Gasteiger partial charge in [-0.05, 0) is 45.4 Å². The number of nitrogens with one attached hydrogen (secondary N) is 2. The van der Waals surface area contributed by atoms with Crippen LogP contribution in [0.4, 0.5) is 17.5 Å². The largest absolute Gasteiger partial charge is 0.338 e. The van der Waals surface area contributed by atoms with E-state index in [2.05, 4.69) is 25.8 Å². The van der Waals surface area contributed by atoms with Gasteiger partial charge >= 0.3 is 0 Å². The molecule has 0 saturated carbocycles. The Morgan fingerprint density at radius 2 is 1.77 bits per heavy atom. The highest BCUT2D eigenvalue weighted by molar-refractivity contribution is 7.92. The van der Waals surface area contributed by atoms with Gasteiger partial charge in [0, 0.05) is 0 Å². The van der Waals surface area contributed by atoms with Crippen LogP contribution in [-0.4, -0.2) is 29.3 Å². The summed E-state index contributed by atoms with van der Waals surface area (Å²) >= 11 is 6.25. The van der Waals surface area contributed by atoms with Crippen molar-refractivity contribution < 1.29 is 8.42 Å². The molecule has 9 heteroatoms. The first-order valence-corrected chi connectivity index (χ1v) is 11.6. The van der Waals surface area contributed by atoms with E-state index in [1.165, 1.54) is 11.8 Å². The van der Waals surface area contributed by atoms with Crippen molar-refractivity contribution in [2.24, 2.45) is 5.10 Å². The second kappa shape index (κ2) is 9.45. The highest BCUT2D eigenvalue weighted by atomic mass is 35.5. The third kappa shape index (κ3) is 5.39. The number of aromatic nitrogens is 2. The molecule has 31 heavy (non-hydrogen) atoms. The third-order valence-electron chi connectivity index (χ3n) is 4.60. The fourth-order valence-corrected chi connectivity index (χ4v) is 4.04. The lowest BCUT2D eigenvalue weighted by Crippen LogP contribution is -2.15. The van der Waals surface area contributed by atoms with Gasteiger partial charge in [0.2, 0.25) is 5.95 Å². The third-order valence-corrected chi connectivity index (χ3v) is 7.09. The summed E-state index contributed by atoms with van der Waals surface area (Å²) < 4.78 is 25.4. The zero-order chi connectivity index (χ0) is 22.6. The Hall–Kier alpha value is -2.97. The normalized spacial score (nSPS) is 12.1. The maximum Gasteiger partial charge on any atom is 0.245 e. The van der Waals surface area contributed by atoms with Gasteiger partial charge in [-0.2, -0.15) is 10.1 Å². The SMILES string of the molecule is C/C(=N\Nc1ncc(Cl)c(Nc2ccccc2S(=O)(=O)C(C)C)n1)c1ccc(C)cc1. The van der Waals surface area contributed by atoms with Crippen molar-refractivity contribution in [1.29, 1.82) is 0 Å². The summed E-state index contributed by atoms with van der Waals surface area (Å²) in [6.45, 7) is 7.18. The molecule has 0 spiro atoms. The molecule has 0 bridgehead atoms. The minimum atomic E-state index is -3.49. The summed E-state index contributed by atoms with van der Waals surface area (Å²) in [6.07, 6.45) is 1.43. The molecule has 2 aromatic carbocycles. The van der Waals surface area contributed by atoms with Crippen LogP contribution >= 0.6 is 11.6 Å².